The minimum absolute atomic E-state index is 0.251. The SMILES string of the molecule is CC(C)CC[C@]1(C)NC(=O)N(CC(=O)c2ccc(Cl)s2)C1=O. The number of urea groups is 1. The molecular weight excluding hydrogens is 324 g/mol. The third-order valence-corrected chi connectivity index (χ3v) is 4.99. The maximum absolute atomic E-state index is 12.5. The standard InChI is InChI=1S/C15H19ClN2O3S/c1-9(2)6-7-15(3)13(20)18(14(21)17-15)8-10(19)11-4-5-12(16)22-11/h4-5,9H,6-8H2,1-3H3,(H,17,21)/t15-/m0/s1. The number of Topliss-reactive ketones (excluding diaryl/α,β-unsaturated/α-hetero) is 1. The van der Waals surface area contributed by atoms with E-state index in [1.165, 1.54) is 0 Å². The van der Waals surface area contributed by atoms with Crippen molar-refractivity contribution in [3.8, 4) is 0 Å². The van der Waals surface area contributed by atoms with Crippen LogP contribution in [0.15, 0.2) is 12.1 Å². The number of nitrogens with one attached hydrogen (secondary N) is 1. The molecule has 3 amide bonds. The lowest BCUT2D eigenvalue weighted by atomic mass is 9.92. The molecule has 1 saturated heterocycles. The van der Waals surface area contributed by atoms with Gasteiger partial charge in [-0.05, 0) is 37.8 Å². The van der Waals surface area contributed by atoms with Crippen LogP contribution in [0.25, 0.3) is 0 Å². The van der Waals surface area contributed by atoms with Crippen LogP contribution in [0.1, 0.15) is 43.3 Å². The van der Waals surface area contributed by atoms with Crippen molar-refractivity contribution in [3.63, 3.8) is 0 Å². The molecule has 1 atom stereocenters. The third kappa shape index (κ3) is 3.50. The van der Waals surface area contributed by atoms with E-state index < -0.39 is 11.6 Å². The van der Waals surface area contributed by atoms with Gasteiger partial charge in [-0.25, -0.2) is 4.79 Å². The lowest BCUT2D eigenvalue weighted by Crippen LogP contribution is -2.44. The van der Waals surface area contributed by atoms with Crippen molar-refractivity contribution in [2.75, 3.05) is 6.54 Å². The van der Waals surface area contributed by atoms with Gasteiger partial charge < -0.3 is 5.32 Å². The summed E-state index contributed by atoms with van der Waals surface area (Å²) in [6.07, 6.45) is 1.38. The van der Waals surface area contributed by atoms with Crippen molar-refractivity contribution in [1.82, 2.24) is 10.2 Å². The van der Waals surface area contributed by atoms with E-state index in [4.69, 9.17) is 11.6 Å². The van der Waals surface area contributed by atoms with Crippen LogP contribution in [-0.4, -0.2) is 34.7 Å². The first-order chi connectivity index (χ1) is 10.2. The summed E-state index contributed by atoms with van der Waals surface area (Å²) in [6.45, 7) is 5.58. The molecule has 1 fully saturated rings. The van der Waals surface area contributed by atoms with E-state index in [0.717, 1.165) is 22.7 Å². The Labute approximate surface area is 138 Å². The first kappa shape index (κ1) is 17.0. The van der Waals surface area contributed by atoms with Gasteiger partial charge in [0.1, 0.15) is 5.54 Å². The molecule has 1 aliphatic heterocycles. The number of carbonyl (C=O) groups excluding carboxylic acids is 3. The highest BCUT2D eigenvalue weighted by atomic mass is 35.5. The second-order valence-electron chi connectivity index (χ2n) is 6.11. The van der Waals surface area contributed by atoms with Crippen LogP contribution < -0.4 is 5.32 Å². The fourth-order valence-electron chi connectivity index (χ4n) is 2.32. The fourth-order valence-corrected chi connectivity index (χ4v) is 3.30. The Kier molecular flexibility index (Phi) is 4.92. The van der Waals surface area contributed by atoms with Gasteiger partial charge in [0.2, 0.25) is 0 Å². The number of ketones is 1. The molecule has 0 spiro atoms. The smallest absolute Gasteiger partial charge is 0.323 e. The number of halogens is 1. The number of imide groups is 1. The fraction of sp³-hybridized carbons (Fsp3) is 0.533. The Hall–Kier alpha value is -1.40. The molecule has 0 aliphatic carbocycles. The molecule has 1 aromatic rings. The highest BCUT2D eigenvalue weighted by Crippen LogP contribution is 2.26. The van der Waals surface area contributed by atoms with Gasteiger partial charge in [0.25, 0.3) is 5.91 Å². The molecule has 5 nitrogen and oxygen atoms in total. The molecule has 1 N–H and O–H groups in total. The summed E-state index contributed by atoms with van der Waals surface area (Å²) in [5.74, 6) is -0.187. The number of hydrogen-bond donors (Lipinski definition) is 1. The van der Waals surface area contributed by atoms with Crippen LogP contribution in [0.4, 0.5) is 4.79 Å². The average Bonchev–Trinajstić information content (AvgIpc) is 2.95. The first-order valence-electron chi connectivity index (χ1n) is 7.15. The second kappa shape index (κ2) is 6.38. The van der Waals surface area contributed by atoms with Crippen molar-refractivity contribution in [1.29, 1.82) is 0 Å². The van der Waals surface area contributed by atoms with Crippen LogP contribution in [0.2, 0.25) is 4.34 Å². The molecule has 120 valence electrons. The Morgan fingerprint density at radius 3 is 2.64 bits per heavy atom. The van der Waals surface area contributed by atoms with E-state index in [1.54, 1.807) is 19.1 Å². The maximum atomic E-state index is 12.5. The van der Waals surface area contributed by atoms with Crippen molar-refractivity contribution < 1.29 is 14.4 Å². The molecule has 1 aromatic heterocycles. The molecular formula is C15H19ClN2O3S. The molecule has 22 heavy (non-hydrogen) atoms. The maximum Gasteiger partial charge on any atom is 0.325 e. The Morgan fingerprint density at radius 2 is 2.09 bits per heavy atom. The van der Waals surface area contributed by atoms with Crippen molar-refractivity contribution >= 4 is 40.7 Å². The third-order valence-electron chi connectivity index (χ3n) is 3.72. The van der Waals surface area contributed by atoms with E-state index in [2.05, 4.69) is 19.2 Å². The average molecular weight is 343 g/mol. The minimum atomic E-state index is -0.922. The summed E-state index contributed by atoms with van der Waals surface area (Å²) in [4.78, 5) is 38.1. The molecule has 7 heteroatoms. The number of carbonyl (C=O) groups is 3. The number of nitrogens with zero attached hydrogens (tertiary/aromatic N) is 1. The lowest BCUT2D eigenvalue weighted by molar-refractivity contribution is -0.130. The van der Waals surface area contributed by atoms with Crippen LogP contribution >= 0.6 is 22.9 Å². The van der Waals surface area contributed by atoms with Crippen molar-refractivity contribution in [2.45, 2.75) is 39.2 Å². The lowest BCUT2D eigenvalue weighted by Gasteiger charge is -2.22. The van der Waals surface area contributed by atoms with Gasteiger partial charge in [0, 0.05) is 0 Å². The first-order valence-corrected chi connectivity index (χ1v) is 8.35. The number of rotatable bonds is 6. The summed E-state index contributed by atoms with van der Waals surface area (Å²) in [7, 11) is 0. The zero-order valence-corrected chi connectivity index (χ0v) is 14.4. The molecule has 0 bridgehead atoms. The minimum Gasteiger partial charge on any atom is -0.323 e. The molecule has 2 heterocycles. The van der Waals surface area contributed by atoms with E-state index in [0.29, 0.717) is 21.6 Å². The highest BCUT2D eigenvalue weighted by molar-refractivity contribution is 7.18. The summed E-state index contributed by atoms with van der Waals surface area (Å²) >= 11 is 6.94. The summed E-state index contributed by atoms with van der Waals surface area (Å²) < 4.78 is 0.502. The van der Waals surface area contributed by atoms with Gasteiger partial charge in [-0.1, -0.05) is 25.4 Å². The predicted octanol–water partition coefficient (Wildman–Crippen LogP) is 3.33. The predicted molar refractivity (Wildman–Crippen MR) is 86.4 cm³/mol. The molecule has 0 saturated carbocycles. The monoisotopic (exact) mass is 342 g/mol. The van der Waals surface area contributed by atoms with Crippen LogP contribution in [0.5, 0.6) is 0 Å². The topological polar surface area (TPSA) is 66.5 Å². The number of thiophene rings is 1. The van der Waals surface area contributed by atoms with Crippen LogP contribution in [-0.2, 0) is 4.79 Å². The van der Waals surface area contributed by atoms with Crippen molar-refractivity contribution in [3.05, 3.63) is 21.3 Å². The largest absolute Gasteiger partial charge is 0.325 e. The van der Waals surface area contributed by atoms with Gasteiger partial charge in [-0.15, -0.1) is 11.3 Å². The molecule has 0 radical (unpaired) electrons. The van der Waals surface area contributed by atoms with E-state index in [1.807, 2.05) is 0 Å². The highest BCUT2D eigenvalue weighted by Gasteiger charge is 2.47. The molecule has 0 aromatic carbocycles. The number of hydrogen-bond acceptors (Lipinski definition) is 4. The van der Waals surface area contributed by atoms with Crippen molar-refractivity contribution in [2.24, 2.45) is 5.92 Å². The van der Waals surface area contributed by atoms with Gasteiger partial charge in [-0.2, -0.15) is 0 Å². The molecule has 0 unspecified atom stereocenters. The quantitative estimate of drug-likeness (QED) is 0.637. The second-order valence-corrected chi connectivity index (χ2v) is 7.83. The summed E-state index contributed by atoms with van der Waals surface area (Å²) in [6, 6.07) is 2.72. The Bertz CT molecular complexity index is 614. The van der Waals surface area contributed by atoms with Gasteiger partial charge in [0.15, 0.2) is 5.78 Å². The normalized spacial score (nSPS) is 21.6. The molecule has 1 aliphatic rings. The Balaban J connectivity index is 2.07. The number of amides is 3. The van der Waals surface area contributed by atoms with E-state index >= 15 is 0 Å². The Morgan fingerprint density at radius 1 is 1.41 bits per heavy atom. The zero-order valence-electron chi connectivity index (χ0n) is 12.8. The van der Waals surface area contributed by atoms with Gasteiger partial charge >= 0.3 is 6.03 Å². The van der Waals surface area contributed by atoms with Crippen LogP contribution in [0, 0.1) is 5.92 Å². The zero-order chi connectivity index (χ0) is 16.5. The van der Waals surface area contributed by atoms with E-state index in [9.17, 15) is 14.4 Å². The molecule has 2 rings (SSSR count). The summed E-state index contributed by atoms with van der Waals surface area (Å²) in [5.41, 5.74) is -0.922. The van der Waals surface area contributed by atoms with Gasteiger partial charge in [0.05, 0.1) is 15.8 Å². The van der Waals surface area contributed by atoms with E-state index in [-0.39, 0.29) is 18.2 Å². The van der Waals surface area contributed by atoms with Crippen LogP contribution in [0.3, 0.4) is 0 Å². The van der Waals surface area contributed by atoms with Gasteiger partial charge in [-0.3, -0.25) is 14.5 Å². The summed E-state index contributed by atoms with van der Waals surface area (Å²) in [5, 5.41) is 2.71.